The van der Waals surface area contributed by atoms with E-state index >= 15 is 0 Å². The Morgan fingerprint density at radius 1 is 1.00 bits per heavy atom. The Kier molecular flexibility index (Phi) is 4.17. The number of hydrogen-bond donors (Lipinski definition) is 1. The molecule has 2 aromatic carbocycles. The summed E-state index contributed by atoms with van der Waals surface area (Å²) in [4.78, 5) is 1.08. The molecule has 0 spiro atoms. The van der Waals surface area contributed by atoms with E-state index in [4.69, 9.17) is 0 Å². The Bertz CT molecular complexity index is 599. The largest absolute Gasteiger partial charge is 0.389 e. The van der Waals surface area contributed by atoms with E-state index in [2.05, 4.69) is 0 Å². The molecule has 0 aliphatic carbocycles. The van der Waals surface area contributed by atoms with Crippen molar-refractivity contribution in [3.8, 4) is 0 Å². The number of halogens is 3. The molecular weight excluding hydrogens is 273 g/mol. The number of aliphatic hydroxyl groups excluding tert-OH is 1. The molecule has 0 saturated heterocycles. The number of hydrogen-bond acceptors (Lipinski definition) is 2. The molecule has 2 aromatic rings. The average molecular weight is 284 g/mol. The van der Waals surface area contributed by atoms with E-state index in [9.17, 15) is 18.3 Å². The molecule has 0 radical (unpaired) electrons. The number of benzene rings is 2. The summed E-state index contributed by atoms with van der Waals surface area (Å²) in [5.74, 6) is -2.31. The van der Waals surface area contributed by atoms with E-state index in [1.165, 1.54) is 31.2 Å². The third-order valence-electron chi connectivity index (χ3n) is 2.54. The van der Waals surface area contributed by atoms with Gasteiger partial charge < -0.3 is 5.11 Å². The maximum Gasteiger partial charge on any atom is 0.159 e. The van der Waals surface area contributed by atoms with E-state index in [1.807, 2.05) is 0 Å². The first-order valence-electron chi connectivity index (χ1n) is 5.58. The van der Waals surface area contributed by atoms with Gasteiger partial charge in [0, 0.05) is 9.79 Å². The molecule has 2 rings (SSSR count). The predicted octanol–water partition coefficient (Wildman–Crippen LogP) is 4.31. The van der Waals surface area contributed by atoms with Crippen LogP contribution in [0.2, 0.25) is 0 Å². The fraction of sp³-hybridized carbons (Fsp3) is 0.143. The van der Waals surface area contributed by atoms with Crippen LogP contribution in [0.15, 0.2) is 46.2 Å². The molecule has 0 saturated carbocycles. The highest BCUT2D eigenvalue weighted by atomic mass is 32.2. The van der Waals surface area contributed by atoms with Gasteiger partial charge in [0.25, 0.3) is 0 Å². The van der Waals surface area contributed by atoms with Gasteiger partial charge in [0.15, 0.2) is 11.6 Å². The van der Waals surface area contributed by atoms with Crippen LogP contribution in [0.5, 0.6) is 0 Å². The average Bonchev–Trinajstić information content (AvgIpc) is 2.36. The maximum absolute atomic E-state index is 13.1. The van der Waals surface area contributed by atoms with Crippen LogP contribution in [-0.4, -0.2) is 5.11 Å². The van der Waals surface area contributed by atoms with Crippen molar-refractivity contribution in [3.05, 3.63) is 59.4 Å². The van der Waals surface area contributed by atoms with Crippen molar-refractivity contribution in [1.82, 2.24) is 0 Å². The summed E-state index contributed by atoms with van der Waals surface area (Å²) in [5.41, 5.74) is 0.412. The van der Waals surface area contributed by atoms with E-state index in [0.717, 1.165) is 23.9 Å². The molecule has 0 unspecified atom stereocenters. The minimum atomic E-state index is -0.939. The molecule has 1 nitrogen and oxygen atoms in total. The zero-order valence-electron chi connectivity index (χ0n) is 10.0. The second-order valence-electron chi connectivity index (χ2n) is 4.04. The van der Waals surface area contributed by atoms with Crippen LogP contribution in [-0.2, 0) is 0 Å². The summed E-state index contributed by atoms with van der Waals surface area (Å²) in [6.45, 7) is 1.52. The van der Waals surface area contributed by atoms with Crippen LogP contribution in [0.25, 0.3) is 0 Å². The molecule has 0 fully saturated rings. The second kappa shape index (κ2) is 5.67. The van der Waals surface area contributed by atoms with E-state index in [-0.39, 0.29) is 0 Å². The summed E-state index contributed by atoms with van der Waals surface area (Å²) in [6, 6.07) is 7.51. The Hall–Kier alpha value is -1.46. The standard InChI is InChI=1S/C14H11F3OS/c1-8(18)11-6-9(15)2-5-14(11)19-10-3-4-12(16)13(17)7-10/h2-8,18H,1H3/t8-/m1/s1. The van der Waals surface area contributed by atoms with Gasteiger partial charge in [-0.2, -0.15) is 0 Å². The SMILES string of the molecule is C[C@@H](O)c1cc(F)ccc1Sc1ccc(F)c(F)c1. The van der Waals surface area contributed by atoms with E-state index in [0.29, 0.717) is 15.4 Å². The second-order valence-corrected chi connectivity index (χ2v) is 5.15. The van der Waals surface area contributed by atoms with Crippen molar-refractivity contribution in [2.75, 3.05) is 0 Å². The molecule has 0 aliphatic heterocycles. The van der Waals surface area contributed by atoms with Crippen molar-refractivity contribution < 1.29 is 18.3 Å². The van der Waals surface area contributed by atoms with Crippen molar-refractivity contribution in [1.29, 1.82) is 0 Å². The van der Waals surface area contributed by atoms with Gasteiger partial charge in [-0.15, -0.1) is 0 Å². The molecule has 1 N–H and O–H groups in total. The van der Waals surface area contributed by atoms with Gasteiger partial charge in [-0.05, 0) is 48.9 Å². The molecule has 0 amide bonds. The quantitative estimate of drug-likeness (QED) is 0.906. The molecule has 0 aliphatic rings. The van der Waals surface area contributed by atoms with E-state index in [1.54, 1.807) is 0 Å². The fourth-order valence-electron chi connectivity index (χ4n) is 1.61. The van der Waals surface area contributed by atoms with Crippen LogP contribution >= 0.6 is 11.8 Å². The Labute approximate surface area is 113 Å². The summed E-state index contributed by atoms with van der Waals surface area (Å²) in [5, 5.41) is 9.59. The lowest BCUT2D eigenvalue weighted by atomic mass is 10.1. The van der Waals surface area contributed by atoms with Gasteiger partial charge in [-0.1, -0.05) is 11.8 Å². The number of aliphatic hydroxyl groups is 1. The van der Waals surface area contributed by atoms with Gasteiger partial charge in [0.2, 0.25) is 0 Å². The highest BCUT2D eigenvalue weighted by Crippen LogP contribution is 2.34. The zero-order chi connectivity index (χ0) is 14.0. The lowest BCUT2D eigenvalue weighted by molar-refractivity contribution is 0.196. The van der Waals surface area contributed by atoms with Gasteiger partial charge in [-0.25, -0.2) is 13.2 Å². The molecule has 100 valence electrons. The number of rotatable bonds is 3. The van der Waals surface area contributed by atoms with Gasteiger partial charge in [-0.3, -0.25) is 0 Å². The molecule has 0 aromatic heterocycles. The highest BCUT2D eigenvalue weighted by Gasteiger charge is 2.12. The molecule has 0 bridgehead atoms. The van der Waals surface area contributed by atoms with Crippen molar-refractivity contribution in [2.24, 2.45) is 0 Å². The summed E-state index contributed by atoms with van der Waals surface area (Å²) >= 11 is 1.14. The first-order chi connectivity index (χ1) is 8.97. The van der Waals surface area contributed by atoms with Crippen LogP contribution in [0.4, 0.5) is 13.2 Å². The Morgan fingerprint density at radius 2 is 1.74 bits per heavy atom. The smallest absolute Gasteiger partial charge is 0.159 e. The predicted molar refractivity (Wildman–Crippen MR) is 67.5 cm³/mol. The monoisotopic (exact) mass is 284 g/mol. The topological polar surface area (TPSA) is 20.2 Å². The summed E-state index contributed by atoms with van der Waals surface area (Å²) < 4.78 is 39.1. The van der Waals surface area contributed by atoms with Crippen molar-refractivity contribution in [3.63, 3.8) is 0 Å². The lowest BCUT2D eigenvalue weighted by Crippen LogP contribution is -1.95. The third kappa shape index (κ3) is 3.30. The van der Waals surface area contributed by atoms with Crippen LogP contribution < -0.4 is 0 Å². The summed E-state index contributed by atoms with van der Waals surface area (Å²) in [7, 11) is 0. The molecule has 5 heteroatoms. The molecule has 19 heavy (non-hydrogen) atoms. The maximum atomic E-state index is 13.1. The third-order valence-corrected chi connectivity index (χ3v) is 3.62. The van der Waals surface area contributed by atoms with Gasteiger partial charge in [0.1, 0.15) is 5.82 Å². The van der Waals surface area contributed by atoms with Crippen LogP contribution in [0.1, 0.15) is 18.6 Å². The molecule has 1 atom stereocenters. The van der Waals surface area contributed by atoms with Crippen molar-refractivity contribution in [2.45, 2.75) is 22.8 Å². The minimum Gasteiger partial charge on any atom is -0.389 e. The first kappa shape index (κ1) is 14.0. The lowest BCUT2D eigenvalue weighted by Gasteiger charge is -2.11. The van der Waals surface area contributed by atoms with Crippen molar-refractivity contribution >= 4 is 11.8 Å². The molecule has 0 heterocycles. The summed E-state index contributed by atoms with van der Waals surface area (Å²) in [6.07, 6.45) is -0.844. The Balaban J connectivity index is 2.35. The molecular formula is C14H11F3OS. The first-order valence-corrected chi connectivity index (χ1v) is 6.39. The van der Waals surface area contributed by atoms with Gasteiger partial charge >= 0.3 is 0 Å². The highest BCUT2D eigenvalue weighted by molar-refractivity contribution is 7.99. The van der Waals surface area contributed by atoms with Crippen LogP contribution in [0, 0.1) is 17.5 Å². The van der Waals surface area contributed by atoms with Gasteiger partial charge in [0.05, 0.1) is 6.10 Å². The minimum absolute atomic E-state index is 0.412. The van der Waals surface area contributed by atoms with E-state index < -0.39 is 23.6 Å². The Morgan fingerprint density at radius 3 is 2.37 bits per heavy atom. The van der Waals surface area contributed by atoms with Crippen LogP contribution in [0.3, 0.4) is 0 Å². The normalized spacial score (nSPS) is 12.5. The zero-order valence-corrected chi connectivity index (χ0v) is 10.8. The fourth-order valence-corrected chi connectivity index (χ4v) is 2.64.